The smallest absolute Gasteiger partial charge is 0.208 e. The van der Waals surface area contributed by atoms with Gasteiger partial charge in [-0.2, -0.15) is 0 Å². The van der Waals surface area contributed by atoms with Crippen LogP contribution in [0.1, 0.15) is 27.7 Å². The van der Waals surface area contributed by atoms with Crippen LogP contribution in [-0.4, -0.2) is 15.9 Å². The van der Waals surface area contributed by atoms with Gasteiger partial charge in [-0.05, 0) is 13.8 Å². The monoisotopic (exact) mass is 161 g/mol. The fourth-order valence-corrected chi connectivity index (χ4v) is 1.10. The minimum atomic E-state index is -0.686. The summed E-state index contributed by atoms with van der Waals surface area (Å²) < 4.78 is 0. The Labute approximate surface area is 66.6 Å². The van der Waals surface area contributed by atoms with E-state index in [-0.39, 0.29) is 5.12 Å². The Balaban J connectivity index is 3.87. The molecule has 0 atom stereocenters. The van der Waals surface area contributed by atoms with E-state index in [1.54, 1.807) is 13.8 Å². The van der Waals surface area contributed by atoms with E-state index < -0.39 is 5.54 Å². The van der Waals surface area contributed by atoms with Gasteiger partial charge in [-0.15, -0.1) is 0 Å². The zero-order chi connectivity index (χ0) is 8.36. The second-order valence-electron chi connectivity index (χ2n) is 3.18. The third-order valence-electron chi connectivity index (χ3n) is 0.869. The van der Waals surface area contributed by atoms with Crippen molar-refractivity contribution in [2.24, 2.45) is 5.73 Å². The van der Waals surface area contributed by atoms with Crippen LogP contribution in [0.2, 0.25) is 0 Å². The highest BCUT2D eigenvalue weighted by molar-refractivity contribution is 8.14. The van der Waals surface area contributed by atoms with E-state index in [0.717, 1.165) is 0 Å². The average Bonchev–Trinajstić information content (AvgIpc) is 1.60. The molecule has 0 aromatic heterocycles. The molecule has 2 N–H and O–H groups in total. The van der Waals surface area contributed by atoms with Crippen molar-refractivity contribution in [3.05, 3.63) is 0 Å². The highest BCUT2D eigenvalue weighted by Crippen LogP contribution is 2.16. The van der Waals surface area contributed by atoms with Crippen LogP contribution in [0.3, 0.4) is 0 Å². The molecule has 0 aromatic carbocycles. The Morgan fingerprint density at radius 1 is 1.50 bits per heavy atom. The summed E-state index contributed by atoms with van der Waals surface area (Å²) in [4.78, 5) is 11.1. The third kappa shape index (κ3) is 3.90. The molecule has 0 saturated carbocycles. The van der Waals surface area contributed by atoms with Gasteiger partial charge in [-0.25, -0.2) is 0 Å². The van der Waals surface area contributed by atoms with Crippen LogP contribution in [0.4, 0.5) is 0 Å². The van der Waals surface area contributed by atoms with Crippen molar-refractivity contribution in [1.29, 1.82) is 0 Å². The standard InChI is InChI=1S/C7H15NOS/c1-5(2)10-6(9)7(3,4)8/h5H,8H2,1-4H3. The van der Waals surface area contributed by atoms with Crippen molar-refractivity contribution < 1.29 is 4.79 Å². The van der Waals surface area contributed by atoms with Crippen molar-refractivity contribution in [1.82, 2.24) is 0 Å². The van der Waals surface area contributed by atoms with Gasteiger partial charge in [0.2, 0.25) is 5.12 Å². The van der Waals surface area contributed by atoms with Gasteiger partial charge >= 0.3 is 0 Å². The van der Waals surface area contributed by atoms with E-state index >= 15 is 0 Å². The Kier molecular flexibility index (Phi) is 3.39. The number of nitrogens with two attached hydrogens (primary N) is 1. The fourth-order valence-electron chi connectivity index (χ4n) is 0.366. The molecule has 0 aliphatic rings. The number of carbonyl (C=O) groups is 1. The van der Waals surface area contributed by atoms with E-state index in [4.69, 9.17) is 5.73 Å². The Morgan fingerprint density at radius 2 is 1.90 bits per heavy atom. The lowest BCUT2D eigenvalue weighted by Gasteiger charge is -2.16. The van der Waals surface area contributed by atoms with E-state index in [0.29, 0.717) is 5.25 Å². The van der Waals surface area contributed by atoms with Gasteiger partial charge in [0, 0.05) is 5.25 Å². The summed E-state index contributed by atoms with van der Waals surface area (Å²) >= 11 is 1.30. The summed E-state index contributed by atoms with van der Waals surface area (Å²) in [6.45, 7) is 7.41. The lowest BCUT2D eigenvalue weighted by molar-refractivity contribution is -0.114. The minimum absolute atomic E-state index is 0.0579. The molecule has 3 heteroatoms. The number of thioether (sulfide) groups is 1. The molecule has 0 aliphatic carbocycles. The summed E-state index contributed by atoms with van der Waals surface area (Å²) in [6, 6.07) is 0. The molecule has 0 rings (SSSR count). The number of hydrogen-bond donors (Lipinski definition) is 1. The molecule has 0 spiro atoms. The third-order valence-corrected chi connectivity index (χ3v) is 2.08. The average molecular weight is 161 g/mol. The van der Waals surface area contributed by atoms with Crippen LogP contribution in [0.15, 0.2) is 0 Å². The molecule has 0 bridgehead atoms. The summed E-state index contributed by atoms with van der Waals surface area (Å²) in [6.07, 6.45) is 0. The number of carbonyl (C=O) groups excluding carboxylic acids is 1. The SMILES string of the molecule is CC(C)SC(=O)C(C)(C)N. The lowest BCUT2D eigenvalue weighted by atomic mass is 10.1. The lowest BCUT2D eigenvalue weighted by Crippen LogP contribution is -2.40. The van der Waals surface area contributed by atoms with Crippen LogP contribution in [0.5, 0.6) is 0 Å². The van der Waals surface area contributed by atoms with Crippen molar-refractivity contribution in [3.8, 4) is 0 Å². The van der Waals surface area contributed by atoms with Crippen LogP contribution < -0.4 is 5.73 Å². The second kappa shape index (κ2) is 3.39. The first-order valence-corrected chi connectivity index (χ1v) is 4.22. The molecule has 0 radical (unpaired) electrons. The van der Waals surface area contributed by atoms with Crippen LogP contribution in [-0.2, 0) is 4.79 Å². The maximum atomic E-state index is 11.1. The highest BCUT2D eigenvalue weighted by atomic mass is 32.2. The van der Waals surface area contributed by atoms with Gasteiger partial charge in [0.05, 0.1) is 5.54 Å². The van der Waals surface area contributed by atoms with Crippen LogP contribution in [0, 0.1) is 0 Å². The number of rotatable bonds is 2. The molecule has 0 amide bonds. The summed E-state index contributed by atoms with van der Waals surface area (Å²) in [5.74, 6) is 0. The van der Waals surface area contributed by atoms with Crippen molar-refractivity contribution in [3.63, 3.8) is 0 Å². The molecule has 0 aliphatic heterocycles. The molecular weight excluding hydrogens is 146 g/mol. The molecule has 0 heterocycles. The molecule has 0 unspecified atom stereocenters. The van der Waals surface area contributed by atoms with Crippen molar-refractivity contribution in [2.45, 2.75) is 38.5 Å². The van der Waals surface area contributed by atoms with Gasteiger partial charge in [0.1, 0.15) is 0 Å². The van der Waals surface area contributed by atoms with Gasteiger partial charge in [0.25, 0.3) is 0 Å². The summed E-state index contributed by atoms with van der Waals surface area (Å²) in [5.41, 5.74) is 4.87. The van der Waals surface area contributed by atoms with E-state index in [1.807, 2.05) is 13.8 Å². The zero-order valence-electron chi connectivity index (χ0n) is 6.97. The summed E-state index contributed by atoms with van der Waals surface area (Å²) in [5, 5.41) is 0.387. The van der Waals surface area contributed by atoms with Gasteiger partial charge < -0.3 is 5.73 Å². The molecule has 0 aromatic rings. The quantitative estimate of drug-likeness (QED) is 0.665. The first kappa shape index (κ1) is 9.98. The first-order chi connectivity index (χ1) is 4.34. The molecule has 10 heavy (non-hydrogen) atoms. The van der Waals surface area contributed by atoms with Gasteiger partial charge in [-0.3, -0.25) is 4.79 Å². The Hall–Kier alpha value is -0.0200. The maximum Gasteiger partial charge on any atom is 0.208 e. The predicted octanol–water partition coefficient (Wildman–Crippen LogP) is 1.39. The van der Waals surface area contributed by atoms with Crippen LogP contribution >= 0.6 is 11.8 Å². The predicted molar refractivity (Wildman–Crippen MR) is 46.0 cm³/mol. The van der Waals surface area contributed by atoms with Crippen molar-refractivity contribution in [2.75, 3.05) is 0 Å². The number of hydrogen-bond acceptors (Lipinski definition) is 3. The van der Waals surface area contributed by atoms with Gasteiger partial charge in [-0.1, -0.05) is 25.6 Å². The maximum absolute atomic E-state index is 11.1. The van der Waals surface area contributed by atoms with E-state index in [2.05, 4.69) is 0 Å². The molecule has 2 nitrogen and oxygen atoms in total. The van der Waals surface area contributed by atoms with Gasteiger partial charge in [0.15, 0.2) is 0 Å². The highest BCUT2D eigenvalue weighted by Gasteiger charge is 2.22. The zero-order valence-corrected chi connectivity index (χ0v) is 7.79. The first-order valence-electron chi connectivity index (χ1n) is 3.34. The van der Waals surface area contributed by atoms with Crippen molar-refractivity contribution >= 4 is 16.9 Å². The molecule has 0 saturated heterocycles. The Morgan fingerprint density at radius 3 is 2.00 bits per heavy atom. The molecule has 60 valence electrons. The second-order valence-corrected chi connectivity index (χ2v) is 4.73. The normalized spacial score (nSPS) is 12.2. The molecule has 0 fully saturated rings. The topological polar surface area (TPSA) is 43.1 Å². The van der Waals surface area contributed by atoms with E-state index in [1.165, 1.54) is 11.8 Å². The molecular formula is C7H15NOS. The van der Waals surface area contributed by atoms with Crippen LogP contribution in [0.25, 0.3) is 0 Å². The summed E-state index contributed by atoms with van der Waals surface area (Å²) in [7, 11) is 0. The minimum Gasteiger partial charge on any atom is -0.319 e. The Bertz CT molecular complexity index is 126. The van der Waals surface area contributed by atoms with E-state index in [9.17, 15) is 4.79 Å². The fraction of sp³-hybridized carbons (Fsp3) is 0.857. The largest absolute Gasteiger partial charge is 0.319 e.